The molecule has 20 heavy (non-hydrogen) atoms. The molecule has 1 amide bonds. The van der Waals surface area contributed by atoms with Gasteiger partial charge in [0.25, 0.3) is 0 Å². The molecule has 2 rings (SSSR count). The van der Waals surface area contributed by atoms with Crippen molar-refractivity contribution in [1.29, 1.82) is 0 Å². The highest BCUT2D eigenvalue weighted by molar-refractivity contribution is 5.79. The Labute approximate surface area is 121 Å². The zero-order valence-corrected chi connectivity index (χ0v) is 12.4. The number of carbonyl (C=O) groups excluding carboxylic acids is 1. The summed E-state index contributed by atoms with van der Waals surface area (Å²) in [5.41, 5.74) is 7.83. The number of nitrogens with two attached hydrogens (primary N) is 1. The summed E-state index contributed by atoms with van der Waals surface area (Å²) in [6.07, 6.45) is 6.49. The number of benzene rings is 1. The Morgan fingerprint density at radius 2 is 2.05 bits per heavy atom. The lowest BCUT2D eigenvalue weighted by Crippen LogP contribution is -2.39. The number of hydrogen-bond donors (Lipinski definition) is 2. The molecule has 0 saturated heterocycles. The second-order valence-corrected chi connectivity index (χ2v) is 5.85. The van der Waals surface area contributed by atoms with E-state index < -0.39 is 0 Å². The standard InChI is InChI=1S/C17H26N2O/c1-2-13-6-5-9-16(10-13)19-17(20)11-14-7-3-4-8-15(14)12-18/h3-4,7-8,13,16H,2,5-6,9-12,18H2,1H3,(H,19,20). The van der Waals surface area contributed by atoms with E-state index in [1.165, 1.54) is 19.3 Å². The van der Waals surface area contributed by atoms with E-state index in [0.29, 0.717) is 19.0 Å². The van der Waals surface area contributed by atoms with Gasteiger partial charge in [0.05, 0.1) is 6.42 Å². The van der Waals surface area contributed by atoms with E-state index >= 15 is 0 Å². The van der Waals surface area contributed by atoms with Crippen LogP contribution in [0.4, 0.5) is 0 Å². The second kappa shape index (κ2) is 7.44. The summed E-state index contributed by atoms with van der Waals surface area (Å²) in [7, 11) is 0. The molecule has 3 nitrogen and oxygen atoms in total. The Kier molecular flexibility index (Phi) is 5.60. The Hall–Kier alpha value is -1.35. The molecule has 0 radical (unpaired) electrons. The minimum absolute atomic E-state index is 0.132. The maximum absolute atomic E-state index is 12.2. The molecular weight excluding hydrogens is 248 g/mol. The van der Waals surface area contributed by atoms with Crippen LogP contribution in [0.2, 0.25) is 0 Å². The molecule has 1 aliphatic carbocycles. The molecule has 1 saturated carbocycles. The van der Waals surface area contributed by atoms with Crippen molar-refractivity contribution in [2.75, 3.05) is 0 Å². The van der Waals surface area contributed by atoms with Crippen LogP contribution in [0.5, 0.6) is 0 Å². The molecule has 0 aromatic heterocycles. The first-order chi connectivity index (χ1) is 9.72. The van der Waals surface area contributed by atoms with Gasteiger partial charge in [0.15, 0.2) is 0 Å². The average Bonchev–Trinajstić information content (AvgIpc) is 2.48. The van der Waals surface area contributed by atoms with Gasteiger partial charge in [0.1, 0.15) is 0 Å². The van der Waals surface area contributed by atoms with Gasteiger partial charge in [-0.15, -0.1) is 0 Å². The smallest absolute Gasteiger partial charge is 0.224 e. The summed E-state index contributed by atoms with van der Waals surface area (Å²) >= 11 is 0. The Morgan fingerprint density at radius 3 is 2.75 bits per heavy atom. The first-order valence-corrected chi connectivity index (χ1v) is 7.79. The van der Waals surface area contributed by atoms with Gasteiger partial charge >= 0.3 is 0 Å². The van der Waals surface area contributed by atoms with Crippen LogP contribution in [-0.4, -0.2) is 11.9 Å². The fourth-order valence-corrected chi connectivity index (χ4v) is 3.17. The van der Waals surface area contributed by atoms with E-state index in [4.69, 9.17) is 5.73 Å². The topological polar surface area (TPSA) is 55.1 Å². The van der Waals surface area contributed by atoms with Gasteiger partial charge in [-0.3, -0.25) is 4.79 Å². The number of amides is 1. The highest BCUT2D eigenvalue weighted by Gasteiger charge is 2.22. The molecule has 3 N–H and O–H groups in total. The maximum atomic E-state index is 12.2. The molecule has 1 aliphatic rings. The Morgan fingerprint density at radius 1 is 1.30 bits per heavy atom. The van der Waals surface area contributed by atoms with Crippen LogP contribution in [0.1, 0.15) is 50.2 Å². The highest BCUT2D eigenvalue weighted by Crippen LogP contribution is 2.26. The molecule has 110 valence electrons. The van der Waals surface area contributed by atoms with Gasteiger partial charge in [0.2, 0.25) is 5.91 Å². The van der Waals surface area contributed by atoms with Gasteiger partial charge < -0.3 is 11.1 Å². The third-order valence-electron chi connectivity index (χ3n) is 4.41. The van der Waals surface area contributed by atoms with Crippen LogP contribution in [0.25, 0.3) is 0 Å². The van der Waals surface area contributed by atoms with Gasteiger partial charge in [-0.1, -0.05) is 50.5 Å². The van der Waals surface area contributed by atoms with Crippen LogP contribution < -0.4 is 11.1 Å². The van der Waals surface area contributed by atoms with Crippen molar-refractivity contribution in [3.05, 3.63) is 35.4 Å². The van der Waals surface area contributed by atoms with Crippen molar-refractivity contribution in [3.63, 3.8) is 0 Å². The van der Waals surface area contributed by atoms with E-state index in [1.807, 2.05) is 24.3 Å². The molecule has 1 aromatic carbocycles. The van der Waals surface area contributed by atoms with Crippen molar-refractivity contribution < 1.29 is 4.79 Å². The van der Waals surface area contributed by atoms with E-state index in [0.717, 1.165) is 29.9 Å². The molecule has 0 spiro atoms. The molecule has 0 heterocycles. The molecular formula is C17H26N2O. The third kappa shape index (κ3) is 4.07. The Bertz CT molecular complexity index is 444. The summed E-state index contributed by atoms with van der Waals surface area (Å²) < 4.78 is 0. The lowest BCUT2D eigenvalue weighted by atomic mass is 9.84. The van der Waals surface area contributed by atoms with Crippen molar-refractivity contribution >= 4 is 5.91 Å². The molecule has 2 atom stereocenters. The quantitative estimate of drug-likeness (QED) is 0.867. The zero-order chi connectivity index (χ0) is 14.4. The molecule has 1 fully saturated rings. The third-order valence-corrected chi connectivity index (χ3v) is 4.41. The predicted octanol–water partition coefficient (Wildman–Crippen LogP) is 2.77. The SMILES string of the molecule is CCC1CCCC(NC(=O)Cc2ccccc2CN)C1. The monoisotopic (exact) mass is 274 g/mol. The van der Waals surface area contributed by atoms with Crippen molar-refractivity contribution in [1.82, 2.24) is 5.32 Å². The summed E-state index contributed by atoms with van der Waals surface area (Å²) in [6, 6.07) is 8.30. The van der Waals surface area contributed by atoms with E-state index in [-0.39, 0.29) is 5.91 Å². The Balaban J connectivity index is 1.89. The van der Waals surface area contributed by atoms with E-state index in [1.54, 1.807) is 0 Å². The molecule has 2 unspecified atom stereocenters. The molecule has 3 heteroatoms. The van der Waals surface area contributed by atoms with Crippen LogP contribution in [0.15, 0.2) is 24.3 Å². The predicted molar refractivity (Wildman–Crippen MR) is 82.2 cm³/mol. The van der Waals surface area contributed by atoms with Gasteiger partial charge in [-0.05, 0) is 29.9 Å². The average molecular weight is 274 g/mol. The molecule has 0 bridgehead atoms. The summed E-state index contributed by atoms with van der Waals surface area (Å²) in [5.74, 6) is 0.915. The maximum Gasteiger partial charge on any atom is 0.224 e. The minimum Gasteiger partial charge on any atom is -0.353 e. The lowest BCUT2D eigenvalue weighted by molar-refractivity contribution is -0.121. The van der Waals surface area contributed by atoms with Crippen LogP contribution in [0.3, 0.4) is 0 Å². The van der Waals surface area contributed by atoms with Crippen molar-refractivity contribution in [3.8, 4) is 0 Å². The number of hydrogen-bond acceptors (Lipinski definition) is 2. The molecule has 1 aromatic rings. The normalized spacial score (nSPS) is 22.5. The first-order valence-electron chi connectivity index (χ1n) is 7.79. The van der Waals surface area contributed by atoms with Crippen molar-refractivity contribution in [2.45, 2.75) is 58.0 Å². The van der Waals surface area contributed by atoms with Gasteiger partial charge in [-0.2, -0.15) is 0 Å². The van der Waals surface area contributed by atoms with Crippen LogP contribution >= 0.6 is 0 Å². The second-order valence-electron chi connectivity index (χ2n) is 5.85. The molecule has 0 aliphatic heterocycles. The van der Waals surface area contributed by atoms with Crippen molar-refractivity contribution in [2.24, 2.45) is 11.7 Å². The number of rotatable bonds is 5. The summed E-state index contributed by atoms with van der Waals surface area (Å²) in [6.45, 7) is 2.73. The first kappa shape index (κ1) is 15.0. The van der Waals surface area contributed by atoms with Gasteiger partial charge in [0, 0.05) is 12.6 Å². The summed E-state index contributed by atoms with van der Waals surface area (Å²) in [5, 5.41) is 3.20. The highest BCUT2D eigenvalue weighted by atomic mass is 16.1. The van der Waals surface area contributed by atoms with Crippen LogP contribution in [0, 0.1) is 5.92 Å². The fourth-order valence-electron chi connectivity index (χ4n) is 3.17. The number of carbonyl (C=O) groups is 1. The zero-order valence-electron chi connectivity index (χ0n) is 12.4. The minimum atomic E-state index is 0.132. The summed E-state index contributed by atoms with van der Waals surface area (Å²) in [4.78, 5) is 12.2. The van der Waals surface area contributed by atoms with E-state index in [2.05, 4.69) is 12.2 Å². The van der Waals surface area contributed by atoms with Crippen LogP contribution in [-0.2, 0) is 17.8 Å². The lowest BCUT2D eigenvalue weighted by Gasteiger charge is -2.29. The largest absolute Gasteiger partial charge is 0.353 e. The van der Waals surface area contributed by atoms with Gasteiger partial charge in [-0.25, -0.2) is 0 Å². The fraction of sp³-hybridized carbons (Fsp3) is 0.588. The van der Waals surface area contributed by atoms with E-state index in [9.17, 15) is 4.79 Å². The number of nitrogens with one attached hydrogen (secondary N) is 1.